The van der Waals surface area contributed by atoms with Crippen molar-refractivity contribution in [2.45, 2.75) is 38.6 Å². The maximum Gasteiger partial charge on any atom is 0.447 e. The molecule has 1 saturated heterocycles. The highest BCUT2D eigenvalue weighted by molar-refractivity contribution is 8.24. The van der Waals surface area contributed by atoms with E-state index < -0.39 is 22.4 Å². The third-order valence-electron chi connectivity index (χ3n) is 4.04. The minimum atomic E-state index is -0.695. The molecule has 2 heterocycles. The van der Waals surface area contributed by atoms with E-state index in [2.05, 4.69) is 13.8 Å². The van der Waals surface area contributed by atoms with Crippen molar-refractivity contribution in [1.82, 2.24) is 14.2 Å². The van der Waals surface area contributed by atoms with E-state index in [1.54, 1.807) is 24.3 Å². The van der Waals surface area contributed by atoms with E-state index in [1.165, 1.54) is 16.5 Å². The monoisotopic (exact) mass is 379 g/mol. The first-order valence-corrected chi connectivity index (χ1v) is 9.35. The summed E-state index contributed by atoms with van der Waals surface area (Å²) >= 11 is 7.03. The van der Waals surface area contributed by atoms with Gasteiger partial charge in [0.15, 0.2) is 6.17 Å². The second kappa shape index (κ2) is 6.49. The lowest BCUT2D eigenvalue weighted by Crippen LogP contribution is -2.43. The number of para-hydroxylation sites is 1. The summed E-state index contributed by atoms with van der Waals surface area (Å²) in [6.45, 7) is 8.86. The summed E-state index contributed by atoms with van der Waals surface area (Å²) in [4.78, 5) is 27.3. The normalized spacial score (nSPS) is 19.8. The Bertz CT molecular complexity index is 896. The molecule has 6 nitrogen and oxygen atoms in total. The van der Waals surface area contributed by atoms with Crippen LogP contribution < -0.4 is 11.4 Å². The van der Waals surface area contributed by atoms with E-state index in [0.29, 0.717) is 22.5 Å². The smallest absolute Gasteiger partial charge is 0.333 e. The van der Waals surface area contributed by atoms with Gasteiger partial charge in [0, 0.05) is 6.54 Å². The predicted octanol–water partition coefficient (Wildman–Crippen LogP) is 2.86. The summed E-state index contributed by atoms with van der Waals surface area (Å²) in [5.74, 6) is -0.340. The molecule has 2 aromatic rings. The third kappa shape index (κ3) is 3.20. The molecule has 0 radical (unpaired) electrons. The largest absolute Gasteiger partial charge is 0.447 e. The molecule has 1 aromatic heterocycles. The summed E-state index contributed by atoms with van der Waals surface area (Å²) in [5, 5.41) is 0. The summed E-state index contributed by atoms with van der Waals surface area (Å²) in [6, 6.07) is 8.77. The van der Waals surface area contributed by atoms with Gasteiger partial charge in [-0.3, -0.25) is 0 Å². The number of aromatic nitrogens is 2. The van der Waals surface area contributed by atoms with Crippen LogP contribution in [0.2, 0.25) is 0 Å². The van der Waals surface area contributed by atoms with Crippen LogP contribution in [0.3, 0.4) is 0 Å². The zero-order chi connectivity index (χ0) is 18.4. The van der Waals surface area contributed by atoms with Gasteiger partial charge in [-0.05, 0) is 31.9 Å². The molecule has 1 atom stereocenters. The van der Waals surface area contributed by atoms with Crippen molar-refractivity contribution in [2.24, 2.45) is 5.92 Å². The molecule has 1 aliphatic rings. The van der Waals surface area contributed by atoms with Crippen molar-refractivity contribution < 1.29 is 4.52 Å². The number of rotatable bonds is 4. The topological polar surface area (TPSA) is 60.4 Å². The number of thioether (sulfide) groups is 1. The van der Waals surface area contributed by atoms with E-state index >= 15 is 0 Å². The standard InChI is InChI=1S/C17H21N3O3S2/c1-11(2)10-18-13(17(3,4)25-16(18)24)20-14(21)19(15(22)23-20)12-8-6-5-7-9-12/h5-9,11,13H,10H2,1-4H3/t13-/m0/s1. The number of benzene rings is 1. The highest BCUT2D eigenvalue weighted by Crippen LogP contribution is 2.46. The van der Waals surface area contributed by atoms with Crippen LogP contribution in [-0.2, 0) is 0 Å². The van der Waals surface area contributed by atoms with Crippen molar-refractivity contribution in [1.29, 1.82) is 0 Å². The van der Waals surface area contributed by atoms with Crippen LogP contribution in [0.15, 0.2) is 44.4 Å². The molecule has 1 fully saturated rings. The van der Waals surface area contributed by atoms with E-state index in [-0.39, 0.29) is 0 Å². The van der Waals surface area contributed by atoms with E-state index in [9.17, 15) is 9.59 Å². The highest BCUT2D eigenvalue weighted by atomic mass is 32.2. The molecular formula is C17H21N3O3S2. The Hall–Kier alpha value is -1.80. The Labute approximate surface area is 155 Å². The first kappa shape index (κ1) is 18.0. The molecule has 1 aromatic carbocycles. The molecule has 25 heavy (non-hydrogen) atoms. The summed E-state index contributed by atoms with van der Waals surface area (Å²) in [6.07, 6.45) is -0.447. The Balaban J connectivity index is 2.14. The summed E-state index contributed by atoms with van der Waals surface area (Å²) in [5.41, 5.74) is -0.00484. The van der Waals surface area contributed by atoms with E-state index in [1.807, 2.05) is 24.8 Å². The lowest BCUT2D eigenvalue weighted by molar-refractivity contribution is 0.0842. The molecule has 8 heteroatoms. The van der Waals surface area contributed by atoms with Gasteiger partial charge in [0.2, 0.25) is 0 Å². The van der Waals surface area contributed by atoms with Gasteiger partial charge in [0.1, 0.15) is 4.32 Å². The number of thiocarbonyl (C=S) groups is 1. The number of hydrogen-bond donors (Lipinski definition) is 0. The fraction of sp³-hybridized carbons (Fsp3) is 0.471. The maximum absolute atomic E-state index is 13.0. The van der Waals surface area contributed by atoms with Crippen molar-refractivity contribution in [2.75, 3.05) is 6.54 Å². The molecular weight excluding hydrogens is 358 g/mol. The van der Waals surface area contributed by atoms with Crippen LogP contribution in [-0.4, -0.2) is 29.8 Å². The van der Waals surface area contributed by atoms with Gasteiger partial charge in [0.25, 0.3) is 0 Å². The molecule has 0 amide bonds. The van der Waals surface area contributed by atoms with Crippen molar-refractivity contribution in [3.8, 4) is 5.69 Å². The molecule has 0 bridgehead atoms. The Morgan fingerprint density at radius 1 is 1.24 bits per heavy atom. The average molecular weight is 380 g/mol. The first-order chi connectivity index (χ1) is 11.7. The molecule has 0 aliphatic carbocycles. The van der Waals surface area contributed by atoms with Crippen molar-refractivity contribution in [3.63, 3.8) is 0 Å². The zero-order valence-corrected chi connectivity index (χ0v) is 16.3. The van der Waals surface area contributed by atoms with Crippen LogP contribution in [0, 0.1) is 5.92 Å². The van der Waals surface area contributed by atoms with Crippen LogP contribution in [0.5, 0.6) is 0 Å². The number of hydrogen-bond acceptors (Lipinski definition) is 5. The quantitative estimate of drug-likeness (QED) is 0.762. The van der Waals surface area contributed by atoms with Gasteiger partial charge in [-0.2, -0.15) is 4.57 Å². The summed E-state index contributed by atoms with van der Waals surface area (Å²) in [7, 11) is 0. The SMILES string of the molecule is CC(C)CN1C(=S)SC(C)(C)[C@@H]1n1oc(=O)n(-c2ccccc2)c1=O. The predicted molar refractivity (Wildman–Crippen MR) is 103 cm³/mol. The molecule has 0 saturated carbocycles. The van der Waals surface area contributed by atoms with Crippen LogP contribution >= 0.6 is 24.0 Å². The van der Waals surface area contributed by atoms with E-state index in [4.69, 9.17) is 16.7 Å². The zero-order valence-electron chi connectivity index (χ0n) is 14.6. The second-order valence-corrected chi connectivity index (χ2v) is 9.32. The third-order valence-corrected chi connectivity index (χ3v) is 5.67. The molecule has 134 valence electrons. The van der Waals surface area contributed by atoms with Crippen molar-refractivity contribution >= 4 is 28.3 Å². The Morgan fingerprint density at radius 2 is 1.88 bits per heavy atom. The number of nitrogens with zero attached hydrogens (tertiary/aromatic N) is 3. The maximum atomic E-state index is 13.0. The van der Waals surface area contributed by atoms with Crippen LogP contribution in [0.1, 0.15) is 33.9 Å². The lowest BCUT2D eigenvalue weighted by atomic mass is 10.1. The van der Waals surface area contributed by atoms with Gasteiger partial charge < -0.3 is 9.42 Å². The highest BCUT2D eigenvalue weighted by Gasteiger charge is 2.48. The molecule has 0 unspecified atom stereocenters. The van der Waals surface area contributed by atoms with Gasteiger partial charge in [0.05, 0.1) is 10.4 Å². The molecule has 0 spiro atoms. The fourth-order valence-corrected chi connectivity index (χ4v) is 4.97. The molecule has 1 aliphatic heterocycles. The molecule has 0 N–H and O–H groups in total. The van der Waals surface area contributed by atoms with Gasteiger partial charge in [-0.15, -0.1) is 4.74 Å². The van der Waals surface area contributed by atoms with Gasteiger partial charge in [-0.25, -0.2) is 9.59 Å². The second-order valence-electron chi connectivity index (χ2n) is 7.03. The fourth-order valence-electron chi connectivity index (χ4n) is 3.08. The molecule has 3 rings (SSSR count). The lowest BCUT2D eigenvalue weighted by Gasteiger charge is -2.31. The Kier molecular flexibility index (Phi) is 4.68. The van der Waals surface area contributed by atoms with Crippen LogP contribution in [0.25, 0.3) is 5.69 Å². The Morgan fingerprint density at radius 3 is 2.48 bits per heavy atom. The van der Waals surface area contributed by atoms with Gasteiger partial charge in [-0.1, -0.05) is 56.0 Å². The summed E-state index contributed by atoms with van der Waals surface area (Å²) < 4.78 is 7.92. The minimum Gasteiger partial charge on any atom is -0.333 e. The first-order valence-electron chi connectivity index (χ1n) is 8.12. The average Bonchev–Trinajstić information content (AvgIpc) is 2.92. The minimum absolute atomic E-state index is 0.355. The van der Waals surface area contributed by atoms with Crippen molar-refractivity contribution in [3.05, 3.63) is 51.4 Å². The van der Waals surface area contributed by atoms with E-state index in [0.717, 1.165) is 4.57 Å². The van der Waals surface area contributed by atoms with Crippen LogP contribution in [0.4, 0.5) is 0 Å². The van der Waals surface area contributed by atoms with Gasteiger partial charge >= 0.3 is 11.4 Å².